The van der Waals surface area contributed by atoms with Gasteiger partial charge in [0, 0.05) is 23.8 Å². The molecule has 2 aliphatic carbocycles. The molecule has 0 spiro atoms. The molecule has 1 saturated carbocycles. The molecular formula is C28H31N3OS. The Morgan fingerprint density at radius 1 is 1.12 bits per heavy atom. The van der Waals surface area contributed by atoms with Gasteiger partial charge in [0.15, 0.2) is 0 Å². The summed E-state index contributed by atoms with van der Waals surface area (Å²) in [6, 6.07) is 15.9. The van der Waals surface area contributed by atoms with Crippen molar-refractivity contribution >= 4 is 11.3 Å². The van der Waals surface area contributed by atoms with Gasteiger partial charge in [-0.3, -0.25) is 0 Å². The molecular weight excluding hydrogens is 426 g/mol. The lowest BCUT2D eigenvalue weighted by Gasteiger charge is -2.27. The summed E-state index contributed by atoms with van der Waals surface area (Å²) < 4.78 is 5.77. The Labute approximate surface area is 200 Å². The average molecular weight is 458 g/mol. The van der Waals surface area contributed by atoms with E-state index in [2.05, 4.69) is 29.6 Å². The monoisotopic (exact) mass is 457 g/mol. The number of fused-ring (bicyclic) bond motifs is 1. The molecule has 170 valence electrons. The second-order valence-electron chi connectivity index (χ2n) is 9.49. The van der Waals surface area contributed by atoms with Gasteiger partial charge in [-0.1, -0.05) is 37.5 Å². The molecule has 1 N–H and O–H groups in total. The van der Waals surface area contributed by atoms with Crippen molar-refractivity contribution in [1.29, 1.82) is 5.26 Å². The van der Waals surface area contributed by atoms with Gasteiger partial charge in [-0.15, -0.1) is 11.3 Å². The number of ether oxygens (including phenoxy) is 1. The summed E-state index contributed by atoms with van der Waals surface area (Å²) in [6.07, 6.45) is 11.1. The molecule has 1 atom stereocenters. The lowest BCUT2D eigenvalue weighted by atomic mass is 9.94. The molecule has 1 aromatic heterocycles. The highest BCUT2D eigenvalue weighted by Crippen LogP contribution is 2.41. The third-order valence-corrected chi connectivity index (χ3v) is 7.87. The second kappa shape index (κ2) is 9.67. The minimum atomic E-state index is 0.0334. The smallest absolute Gasteiger partial charge is 0.137 e. The zero-order valence-electron chi connectivity index (χ0n) is 19.4. The normalized spacial score (nSPS) is 18.3. The van der Waals surface area contributed by atoms with Gasteiger partial charge in [0.25, 0.3) is 0 Å². The van der Waals surface area contributed by atoms with Crippen LogP contribution in [0.1, 0.15) is 75.1 Å². The number of nitrogens with zero attached hydrogens (tertiary/aromatic N) is 2. The van der Waals surface area contributed by atoms with Crippen molar-refractivity contribution in [2.75, 3.05) is 0 Å². The van der Waals surface area contributed by atoms with Gasteiger partial charge >= 0.3 is 0 Å². The van der Waals surface area contributed by atoms with Gasteiger partial charge in [-0.05, 0) is 74.4 Å². The van der Waals surface area contributed by atoms with E-state index in [1.807, 2.05) is 38.2 Å². The number of nitriles is 1. The lowest BCUT2D eigenvalue weighted by Crippen LogP contribution is -2.33. The Morgan fingerprint density at radius 2 is 1.97 bits per heavy atom. The van der Waals surface area contributed by atoms with E-state index in [4.69, 9.17) is 9.72 Å². The van der Waals surface area contributed by atoms with Crippen LogP contribution in [0.15, 0.2) is 42.6 Å². The van der Waals surface area contributed by atoms with Crippen LogP contribution in [0.5, 0.6) is 5.75 Å². The van der Waals surface area contributed by atoms with Crippen LogP contribution in [0, 0.1) is 11.3 Å². The molecule has 1 heterocycles. The lowest BCUT2D eigenvalue weighted by molar-refractivity contribution is 0.242. The van der Waals surface area contributed by atoms with Crippen LogP contribution < -0.4 is 10.1 Å². The van der Waals surface area contributed by atoms with Crippen molar-refractivity contribution in [1.82, 2.24) is 10.3 Å². The molecule has 0 amide bonds. The third kappa shape index (κ3) is 4.69. The number of rotatable bonds is 6. The van der Waals surface area contributed by atoms with Gasteiger partial charge < -0.3 is 10.1 Å². The van der Waals surface area contributed by atoms with E-state index in [1.165, 1.54) is 60.1 Å². The number of benzene rings is 2. The van der Waals surface area contributed by atoms with Crippen molar-refractivity contribution in [2.45, 2.75) is 77.0 Å². The highest BCUT2D eigenvalue weighted by Gasteiger charge is 2.28. The SMILES string of the molecule is CC(C)Oc1ccc(-c2ncc(-c3cccc4c3CCC4NC3CCCCC3)s2)cc1C#N. The molecule has 5 rings (SSSR count). The summed E-state index contributed by atoms with van der Waals surface area (Å²) >= 11 is 1.70. The molecule has 33 heavy (non-hydrogen) atoms. The first-order valence-corrected chi connectivity index (χ1v) is 13.0. The molecule has 2 aliphatic rings. The molecule has 5 heteroatoms. The molecule has 2 aromatic carbocycles. The Bertz CT molecular complexity index is 1170. The fourth-order valence-electron chi connectivity index (χ4n) is 5.25. The first-order valence-electron chi connectivity index (χ1n) is 12.2. The number of aromatic nitrogens is 1. The summed E-state index contributed by atoms with van der Waals surface area (Å²) in [5.41, 5.74) is 5.76. The van der Waals surface area contributed by atoms with E-state index in [0.717, 1.165) is 17.0 Å². The number of nitrogens with one attached hydrogen (secondary N) is 1. The second-order valence-corrected chi connectivity index (χ2v) is 10.5. The fourth-order valence-corrected chi connectivity index (χ4v) is 6.22. The third-order valence-electron chi connectivity index (χ3n) is 6.79. The molecule has 1 unspecified atom stereocenters. The highest BCUT2D eigenvalue weighted by molar-refractivity contribution is 7.18. The average Bonchev–Trinajstić information content (AvgIpc) is 3.48. The molecule has 0 aliphatic heterocycles. The van der Waals surface area contributed by atoms with E-state index in [-0.39, 0.29) is 6.10 Å². The summed E-state index contributed by atoms with van der Waals surface area (Å²) in [7, 11) is 0. The summed E-state index contributed by atoms with van der Waals surface area (Å²) in [5.74, 6) is 0.630. The van der Waals surface area contributed by atoms with E-state index in [9.17, 15) is 5.26 Å². The van der Waals surface area contributed by atoms with Gasteiger partial charge in [0.1, 0.15) is 16.8 Å². The van der Waals surface area contributed by atoms with E-state index in [1.54, 1.807) is 11.3 Å². The van der Waals surface area contributed by atoms with Crippen molar-refractivity contribution in [3.8, 4) is 32.8 Å². The first kappa shape index (κ1) is 22.1. The van der Waals surface area contributed by atoms with Crippen molar-refractivity contribution in [3.63, 3.8) is 0 Å². The minimum absolute atomic E-state index is 0.0334. The Balaban J connectivity index is 1.39. The molecule has 4 nitrogen and oxygen atoms in total. The molecule has 0 saturated heterocycles. The summed E-state index contributed by atoms with van der Waals surface area (Å²) in [6.45, 7) is 3.94. The van der Waals surface area contributed by atoms with Crippen LogP contribution in [0.3, 0.4) is 0 Å². The zero-order valence-corrected chi connectivity index (χ0v) is 20.3. The zero-order chi connectivity index (χ0) is 22.8. The van der Waals surface area contributed by atoms with Gasteiger partial charge in [0.2, 0.25) is 0 Å². The van der Waals surface area contributed by atoms with E-state index < -0.39 is 0 Å². The van der Waals surface area contributed by atoms with Crippen LogP contribution in [0.4, 0.5) is 0 Å². The number of hydrogen-bond donors (Lipinski definition) is 1. The summed E-state index contributed by atoms with van der Waals surface area (Å²) in [4.78, 5) is 5.92. The van der Waals surface area contributed by atoms with Crippen molar-refractivity contribution in [2.24, 2.45) is 0 Å². The van der Waals surface area contributed by atoms with Crippen LogP contribution in [0.25, 0.3) is 21.0 Å². The molecule has 3 aromatic rings. The predicted octanol–water partition coefficient (Wildman–Crippen LogP) is 7.05. The standard InChI is InChI=1S/C28H31N3OS/c1-18(2)32-26-14-11-19(15-20(26)16-29)28-30-17-27(33-28)24-10-6-9-23-22(24)12-13-25(23)31-21-7-4-3-5-8-21/h6,9-11,14-15,17-18,21,25,31H,3-5,7-8,12-13H2,1-2H3. The van der Waals surface area contributed by atoms with E-state index >= 15 is 0 Å². The highest BCUT2D eigenvalue weighted by atomic mass is 32.1. The maximum Gasteiger partial charge on any atom is 0.137 e. The topological polar surface area (TPSA) is 57.9 Å². The van der Waals surface area contributed by atoms with Gasteiger partial charge in [-0.2, -0.15) is 5.26 Å². The Morgan fingerprint density at radius 3 is 2.76 bits per heavy atom. The number of thiazole rings is 1. The van der Waals surface area contributed by atoms with Gasteiger partial charge in [-0.25, -0.2) is 4.98 Å². The van der Waals surface area contributed by atoms with Crippen LogP contribution in [-0.4, -0.2) is 17.1 Å². The van der Waals surface area contributed by atoms with Crippen molar-refractivity contribution < 1.29 is 4.74 Å². The minimum Gasteiger partial charge on any atom is -0.490 e. The van der Waals surface area contributed by atoms with Crippen molar-refractivity contribution in [3.05, 3.63) is 59.3 Å². The van der Waals surface area contributed by atoms with Crippen LogP contribution >= 0.6 is 11.3 Å². The van der Waals surface area contributed by atoms with Crippen LogP contribution in [-0.2, 0) is 6.42 Å². The fraction of sp³-hybridized carbons (Fsp3) is 0.429. The maximum absolute atomic E-state index is 9.58. The summed E-state index contributed by atoms with van der Waals surface area (Å²) in [5, 5.41) is 14.5. The Hall–Kier alpha value is -2.68. The van der Waals surface area contributed by atoms with E-state index in [0.29, 0.717) is 23.4 Å². The molecule has 0 bridgehead atoms. The largest absolute Gasteiger partial charge is 0.490 e. The molecule has 1 fully saturated rings. The maximum atomic E-state index is 9.58. The quantitative estimate of drug-likeness (QED) is 0.431. The van der Waals surface area contributed by atoms with Gasteiger partial charge in [0.05, 0.1) is 16.5 Å². The Kier molecular flexibility index (Phi) is 6.48. The first-order chi connectivity index (χ1) is 16.1. The predicted molar refractivity (Wildman–Crippen MR) is 135 cm³/mol. The van der Waals surface area contributed by atoms with Crippen LogP contribution in [0.2, 0.25) is 0 Å². The number of hydrogen-bond acceptors (Lipinski definition) is 5. The molecule has 0 radical (unpaired) electrons.